The van der Waals surface area contributed by atoms with Gasteiger partial charge in [-0.2, -0.15) is 9.61 Å². The average molecular weight is 441 g/mol. The van der Waals surface area contributed by atoms with E-state index in [9.17, 15) is 0 Å². The van der Waals surface area contributed by atoms with Gasteiger partial charge in [0.15, 0.2) is 5.65 Å². The number of rotatable bonds is 5. The predicted octanol–water partition coefficient (Wildman–Crippen LogP) is 4.18. The van der Waals surface area contributed by atoms with Crippen molar-refractivity contribution in [3.8, 4) is 22.4 Å². The Labute approximate surface area is 193 Å². The summed E-state index contributed by atoms with van der Waals surface area (Å²) in [4.78, 5) is 9.87. The molecule has 5 heterocycles. The number of aromatic nitrogens is 4. The van der Waals surface area contributed by atoms with Crippen molar-refractivity contribution in [1.82, 2.24) is 24.9 Å². The van der Waals surface area contributed by atoms with Crippen molar-refractivity contribution in [2.45, 2.75) is 50.3 Å². The summed E-state index contributed by atoms with van der Waals surface area (Å²) in [5, 5.41) is 8.31. The topological polar surface area (TPSA) is 90.4 Å². The van der Waals surface area contributed by atoms with Gasteiger partial charge in [0.25, 0.3) is 0 Å². The highest BCUT2D eigenvalue weighted by atomic mass is 16.5. The summed E-state index contributed by atoms with van der Waals surface area (Å²) in [6, 6.07) is 15.5. The predicted molar refractivity (Wildman–Crippen MR) is 129 cm³/mol. The van der Waals surface area contributed by atoms with E-state index in [1.165, 1.54) is 12.8 Å². The number of nitrogen functional groups attached to an aromatic ring is 1. The molecule has 2 bridgehead atoms. The minimum absolute atomic E-state index is 0.377. The van der Waals surface area contributed by atoms with Gasteiger partial charge in [-0.05, 0) is 31.7 Å². The molecule has 0 spiro atoms. The molecule has 0 saturated carbocycles. The number of anilines is 1. The summed E-state index contributed by atoms with van der Waals surface area (Å²) >= 11 is 0. The molecule has 4 aromatic rings. The zero-order chi connectivity index (χ0) is 22.4. The van der Waals surface area contributed by atoms with Gasteiger partial charge in [0.1, 0.15) is 5.82 Å². The molecule has 2 unspecified atom stereocenters. The molecule has 1 aromatic carbocycles. The highest BCUT2D eigenvalue weighted by Crippen LogP contribution is 2.40. The maximum Gasteiger partial charge on any atom is 0.165 e. The zero-order valence-corrected chi connectivity index (χ0v) is 18.7. The van der Waals surface area contributed by atoms with E-state index in [0.717, 1.165) is 52.1 Å². The number of piperidine rings is 1. The van der Waals surface area contributed by atoms with E-state index in [1.807, 2.05) is 36.7 Å². The normalized spacial score (nSPS) is 22.2. The Kier molecular flexibility index (Phi) is 5.08. The van der Waals surface area contributed by atoms with E-state index in [2.05, 4.69) is 28.6 Å². The van der Waals surface area contributed by atoms with E-state index >= 15 is 0 Å². The van der Waals surface area contributed by atoms with Crippen LogP contribution in [0.2, 0.25) is 0 Å². The van der Waals surface area contributed by atoms with Gasteiger partial charge in [-0.3, -0.25) is 4.98 Å². The Bertz CT molecular complexity index is 1270. The van der Waals surface area contributed by atoms with Crippen molar-refractivity contribution in [3.63, 3.8) is 0 Å². The molecule has 2 aliphatic rings. The Morgan fingerprint density at radius 1 is 1.03 bits per heavy atom. The zero-order valence-electron chi connectivity index (χ0n) is 18.7. The number of ether oxygens (including phenoxy) is 1. The van der Waals surface area contributed by atoms with Gasteiger partial charge < -0.3 is 15.8 Å². The molecule has 2 fully saturated rings. The summed E-state index contributed by atoms with van der Waals surface area (Å²) < 4.78 is 7.26. The molecule has 6 rings (SSSR count). The van der Waals surface area contributed by atoms with Crippen molar-refractivity contribution in [2.75, 3.05) is 12.8 Å². The standard InChI is InChI=1S/C26H28N6O/c1-33-15-22-24(18-11-19-8-9-20(12-18)30-19)31-26-21(14-29-32(26)25(22)27)17-7-10-23(28-13-17)16-5-3-2-4-6-16/h2-7,10,13-14,18-20,30H,8-9,11-12,15,27H2,1H3. The number of nitrogens with two attached hydrogens (primary N) is 1. The van der Waals surface area contributed by atoms with Crippen LogP contribution in [0.15, 0.2) is 54.9 Å². The number of methoxy groups -OCH3 is 1. The van der Waals surface area contributed by atoms with Gasteiger partial charge in [-0.25, -0.2) is 4.98 Å². The molecule has 7 nitrogen and oxygen atoms in total. The number of fused-ring (bicyclic) bond motifs is 3. The quantitative estimate of drug-likeness (QED) is 0.484. The van der Waals surface area contributed by atoms with Crippen molar-refractivity contribution in [2.24, 2.45) is 0 Å². The first kappa shape index (κ1) is 20.3. The van der Waals surface area contributed by atoms with Crippen molar-refractivity contribution < 1.29 is 4.74 Å². The number of benzene rings is 1. The molecule has 7 heteroatoms. The van der Waals surface area contributed by atoms with Gasteiger partial charge in [-0.1, -0.05) is 36.4 Å². The second-order valence-corrected chi connectivity index (χ2v) is 9.19. The first-order valence-electron chi connectivity index (χ1n) is 11.6. The second kappa shape index (κ2) is 8.24. The fourth-order valence-corrected chi connectivity index (χ4v) is 5.51. The molecular formula is C26H28N6O. The fourth-order valence-electron chi connectivity index (χ4n) is 5.51. The van der Waals surface area contributed by atoms with Crippen LogP contribution in [0.5, 0.6) is 0 Å². The maximum absolute atomic E-state index is 6.64. The van der Waals surface area contributed by atoms with Gasteiger partial charge in [0, 0.05) is 53.6 Å². The van der Waals surface area contributed by atoms with Crippen molar-refractivity contribution in [1.29, 1.82) is 0 Å². The molecule has 2 aliphatic heterocycles. The molecule has 2 atom stereocenters. The summed E-state index contributed by atoms with van der Waals surface area (Å²) in [5.74, 6) is 0.991. The lowest BCUT2D eigenvalue weighted by molar-refractivity contribution is 0.182. The number of nitrogens with zero attached hydrogens (tertiary/aromatic N) is 4. The minimum atomic E-state index is 0.377. The maximum atomic E-state index is 6.64. The molecule has 3 N–H and O–H groups in total. The van der Waals surface area contributed by atoms with Gasteiger partial charge in [0.2, 0.25) is 0 Å². The molecular weight excluding hydrogens is 412 g/mol. The van der Waals surface area contributed by atoms with Gasteiger partial charge >= 0.3 is 0 Å². The van der Waals surface area contributed by atoms with E-state index in [1.54, 1.807) is 11.6 Å². The van der Waals surface area contributed by atoms with Crippen LogP contribution < -0.4 is 11.1 Å². The molecule has 0 aliphatic carbocycles. The molecule has 33 heavy (non-hydrogen) atoms. The first-order valence-corrected chi connectivity index (χ1v) is 11.6. The highest BCUT2D eigenvalue weighted by molar-refractivity contribution is 5.79. The van der Waals surface area contributed by atoms with E-state index in [-0.39, 0.29) is 0 Å². The van der Waals surface area contributed by atoms with E-state index < -0.39 is 0 Å². The third-order valence-corrected chi connectivity index (χ3v) is 7.11. The largest absolute Gasteiger partial charge is 0.383 e. The Morgan fingerprint density at radius 3 is 2.52 bits per heavy atom. The Hall–Kier alpha value is -3.29. The first-order chi connectivity index (χ1) is 16.2. The van der Waals surface area contributed by atoms with Crippen LogP contribution in [0.4, 0.5) is 5.82 Å². The van der Waals surface area contributed by atoms with Crippen LogP contribution in [0.3, 0.4) is 0 Å². The number of hydrogen-bond acceptors (Lipinski definition) is 6. The fraction of sp³-hybridized carbons (Fsp3) is 0.346. The molecule has 3 aromatic heterocycles. The lowest BCUT2D eigenvalue weighted by Gasteiger charge is -2.30. The lowest BCUT2D eigenvalue weighted by atomic mass is 9.87. The molecule has 168 valence electrons. The smallest absolute Gasteiger partial charge is 0.165 e. The number of pyridine rings is 1. The van der Waals surface area contributed by atoms with Gasteiger partial charge in [0.05, 0.1) is 24.2 Å². The summed E-state index contributed by atoms with van der Waals surface area (Å²) in [5.41, 5.74) is 13.4. The van der Waals surface area contributed by atoms with Crippen LogP contribution in [0, 0.1) is 0 Å². The van der Waals surface area contributed by atoms with Crippen molar-refractivity contribution in [3.05, 3.63) is 66.1 Å². The average Bonchev–Trinajstić information content (AvgIpc) is 3.44. The number of nitrogens with one attached hydrogen (secondary N) is 1. The SMILES string of the molecule is COCc1c(C2CC3CCC(C2)N3)nc2c(-c3ccc(-c4ccccc4)nc3)cnn2c1N. The summed E-state index contributed by atoms with van der Waals surface area (Å²) in [7, 11) is 1.70. The van der Waals surface area contributed by atoms with Crippen LogP contribution in [0.25, 0.3) is 28.0 Å². The number of hydrogen-bond donors (Lipinski definition) is 2. The van der Waals surface area contributed by atoms with E-state index in [4.69, 9.17) is 20.4 Å². The highest BCUT2D eigenvalue weighted by Gasteiger charge is 2.36. The monoisotopic (exact) mass is 440 g/mol. The molecule has 2 saturated heterocycles. The lowest BCUT2D eigenvalue weighted by Crippen LogP contribution is -2.37. The minimum Gasteiger partial charge on any atom is -0.383 e. The second-order valence-electron chi connectivity index (χ2n) is 9.19. The van der Waals surface area contributed by atoms with E-state index in [0.29, 0.717) is 30.4 Å². The Balaban J connectivity index is 1.43. The Morgan fingerprint density at radius 2 is 1.82 bits per heavy atom. The third-order valence-electron chi connectivity index (χ3n) is 7.11. The van der Waals surface area contributed by atoms with Crippen LogP contribution in [-0.4, -0.2) is 38.8 Å². The summed E-state index contributed by atoms with van der Waals surface area (Å²) in [6.07, 6.45) is 8.40. The van der Waals surface area contributed by atoms with Crippen LogP contribution in [-0.2, 0) is 11.3 Å². The van der Waals surface area contributed by atoms with Crippen LogP contribution >= 0.6 is 0 Å². The molecule has 0 amide bonds. The molecule has 0 radical (unpaired) electrons. The van der Waals surface area contributed by atoms with Crippen molar-refractivity contribution >= 4 is 11.5 Å². The third kappa shape index (κ3) is 3.57. The van der Waals surface area contributed by atoms with Gasteiger partial charge in [-0.15, -0.1) is 0 Å². The summed E-state index contributed by atoms with van der Waals surface area (Å²) in [6.45, 7) is 0.436. The van der Waals surface area contributed by atoms with Crippen LogP contribution in [0.1, 0.15) is 42.9 Å².